The summed E-state index contributed by atoms with van der Waals surface area (Å²) < 4.78 is 40.9. The van der Waals surface area contributed by atoms with Crippen LogP contribution in [0.1, 0.15) is 31.7 Å². The van der Waals surface area contributed by atoms with Crippen molar-refractivity contribution in [2.24, 2.45) is 0 Å². The third kappa shape index (κ3) is 3.32. The van der Waals surface area contributed by atoms with Crippen molar-refractivity contribution in [3.63, 3.8) is 0 Å². The lowest BCUT2D eigenvalue weighted by atomic mass is 9.69. The number of Topliss-reactive ketones (excluding diaryl/α,β-unsaturated/α-hetero) is 1. The number of carbonyl (C=O) groups is 1. The molecule has 2 atom stereocenters. The van der Waals surface area contributed by atoms with Crippen LogP contribution in [0.15, 0.2) is 18.2 Å². The minimum Gasteiger partial charge on any atom is -0.404 e. The molecule has 0 saturated heterocycles. The van der Waals surface area contributed by atoms with E-state index < -0.39 is 29.4 Å². The molecular formula is C14H14ClF3O3. The van der Waals surface area contributed by atoms with Gasteiger partial charge in [-0.25, -0.2) is 0 Å². The Morgan fingerprint density at radius 3 is 2.71 bits per heavy atom. The van der Waals surface area contributed by atoms with E-state index in [2.05, 4.69) is 4.74 Å². The number of carbonyl (C=O) groups excluding carboxylic acids is 1. The largest absolute Gasteiger partial charge is 0.573 e. The summed E-state index contributed by atoms with van der Waals surface area (Å²) in [5.74, 6) is -0.940. The van der Waals surface area contributed by atoms with Gasteiger partial charge < -0.3 is 9.84 Å². The SMILES string of the molecule is CC1(c2ccc(Cl)c(OC(F)(F)F)c2)CCCC(O)C1=O. The quantitative estimate of drug-likeness (QED) is 0.904. The summed E-state index contributed by atoms with van der Waals surface area (Å²) in [6.45, 7) is 1.61. The summed E-state index contributed by atoms with van der Waals surface area (Å²) in [4.78, 5) is 12.2. The molecule has 0 bridgehead atoms. The molecule has 1 N–H and O–H groups in total. The predicted octanol–water partition coefficient (Wildman–Crippen LogP) is 3.61. The van der Waals surface area contributed by atoms with Gasteiger partial charge in [0.15, 0.2) is 5.78 Å². The zero-order valence-electron chi connectivity index (χ0n) is 11.2. The first kappa shape index (κ1) is 16.1. The smallest absolute Gasteiger partial charge is 0.404 e. The number of aliphatic hydroxyl groups is 1. The van der Waals surface area contributed by atoms with E-state index >= 15 is 0 Å². The molecule has 0 heterocycles. The predicted molar refractivity (Wildman–Crippen MR) is 70.4 cm³/mol. The molecular weight excluding hydrogens is 309 g/mol. The van der Waals surface area contributed by atoms with Gasteiger partial charge >= 0.3 is 6.36 Å². The van der Waals surface area contributed by atoms with Crippen LogP contribution in [0.2, 0.25) is 5.02 Å². The number of halogens is 4. The van der Waals surface area contributed by atoms with Gasteiger partial charge in [-0.15, -0.1) is 13.2 Å². The van der Waals surface area contributed by atoms with Gasteiger partial charge in [0, 0.05) is 0 Å². The lowest BCUT2D eigenvalue weighted by Crippen LogP contribution is -2.44. The van der Waals surface area contributed by atoms with E-state index in [1.54, 1.807) is 6.92 Å². The van der Waals surface area contributed by atoms with Crippen molar-refractivity contribution in [2.45, 2.75) is 44.1 Å². The minimum absolute atomic E-state index is 0.191. The van der Waals surface area contributed by atoms with Gasteiger partial charge in [0.05, 0.1) is 10.4 Å². The molecule has 0 spiro atoms. The first-order chi connectivity index (χ1) is 9.63. The number of hydrogen-bond acceptors (Lipinski definition) is 3. The fourth-order valence-corrected chi connectivity index (χ4v) is 2.76. The summed E-state index contributed by atoms with van der Waals surface area (Å²) in [6.07, 6.45) is -4.52. The van der Waals surface area contributed by atoms with Gasteiger partial charge in [0.2, 0.25) is 0 Å². The highest BCUT2D eigenvalue weighted by atomic mass is 35.5. The molecule has 1 aromatic rings. The average Bonchev–Trinajstić information content (AvgIpc) is 2.37. The molecule has 1 saturated carbocycles. The van der Waals surface area contributed by atoms with E-state index in [-0.39, 0.29) is 5.02 Å². The fourth-order valence-electron chi connectivity index (χ4n) is 2.61. The minimum atomic E-state index is -4.86. The molecule has 0 amide bonds. The van der Waals surface area contributed by atoms with E-state index in [4.69, 9.17) is 11.6 Å². The molecule has 116 valence electrons. The van der Waals surface area contributed by atoms with E-state index in [0.29, 0.717) is 24.8 Å². The second kappa shape index (κ2) is 5.50. The maximum absolute atomic E-state index is 12.3. The number of alkyl halides is 3. The highest BCUT2D eigenvalue weighted by molar-refractivity contribution is 6.32. The van der Waals surface area contributed by atoms with Crippen molar-refractivity contribution in [1.29, 1.82) is 0 Å². The topological polar surface area (TPSA) is 46.5 Å². The molecule has 3 nitrogen and oxygen atoms in total. The van der Waals surface area contributed by atoms with Crippen LogP contribution >= 0.6 is 11.6 Å². The highest BCUT2D eigenvalue weighted by Gasteiger charge is 2.42. The molecule has 1 fully saturated rings. The van der Waals surface area contributed by atoms with Crippen LogP contribution in [0.4, 0.5) is 13.2 Å². The van der Waals surface area contributed by atoms with E-state index in [0.717, 1.165) is 6.07 Å². The summed E-state index contributed by atoms with van der Waals surface area (Å²) >= 11 is 5.69. The van der Waals surface area contributed by atoms with Gasteiger partial charge in [0.25, 0.3) is 0 Å². The Morgan fingerprint density at radius 2 is 2.10 bits per heavy atom. The number of aliphatic hydroxyl groups excluding tert-OH is 1. The Morgan fingerprint density at radius 1 is 1.43 bits per heavy atom. The third-order valence-electron chi connectivity index (χ3n) is 3.79. The molecule has 7 heteroatoms. The van der Waals surface area contributed by atoms with Crippen LogP contribution in [0.25, 0.3) is 0 Å². The van der Waals surface area contributed by atoms with Crippen molar-refractivity contribution in [3.8, 4) is 5.75 Å². The van der Waals surface area contributed by atoms with Crippen molar-refractivity contribution in [1.82, 2.24) is 0 Å². The number of ketones is 1. The molecule has 0 aliphatic heterocycles. The summed E-state index contributed by atoms with van der Waals surface area (Å²) in [5, 5.41) is 9.51. The second-order valence-electron chi connectivity index (χ2n) is 5.30. The monoisotopic (exact) mass is 322 g/mol. The van der Waals surface area contributed by atoms with Crippen LogP contribution in [0.5, 0.6) is 5.75 Å². The lowest BCUT2D eigenvalue weighted by Gasteiger charge is -2.35. The third-order valence-corrected chi connectivity index (χ3v) is 4.11. The number of ether oxygens (including phenoxy) is 1. The molecule has 0 aromatic heterocycles. The Bertz CT molecular complexity index is 559. The van der Waals surface area contributed by atoms with Crippen LogP contribution in [0.3, 0.4) is 0 Å². The summed E-state index contributed by atoms with van der Waals surface area (Å²) in [7, 11) is 0. The lowest BCUT2D eigenvalue weighted by molar-refractivity contribution is -0.274. The van der Waals surface area contributed by atoms with Crippen LogP contribution < -0.4 is 4.74 Å². The Balaban J connectivity index is 2.40. The molecule has 1 aromatic carbocycles. The second-order valence-corrected chi connectivity index (χ2v) is 5.70. The van der Waals surface area contributed by atoms with E-state index in [1.165, 1.54) is 12.1 Å². The van der Waals surface area contributed by atoms with Crippen molar-refractivity contribution >= 4 is 17.4 Å². The van der Waals surface area contributed by atoms with Crippen molar-refractivity contribution in [3.05, 3.63) is 28.8 Å². The first-order valence-corrected chi connectivity index (χ1v) is 6.79. The number of benzene rings is 1. The van der Waals surface area contributed by atoms with E-state index in [1.807, 2.05) is 0 Å². The van der Waals surface area contributed by atoms with E-state index in [9.17, 15) is 23.1 Å². The zero-order valence-corrected chi connectivity index (χ0v) is 12.0. The van der Waals surface area contributed by atoms with Gasteiger partial charge in [-0.1, -0.05) is 17.7 Å². The normalized spacial score (nSPS) is 26.8. The van der Waals surface area contributed by atoms with Crippen LogP contribution in [0, 0.1) is 0 Å². The van der Waals surface area contributed by atoms with Crippen molar-refractivity contribution < 1.29 is 27.8 Å². The average molecular weight is 323 g/mol. The molecule has 1 aliphatic rings. The number of rotatable bonds is 2. The van der Waals surface area contributed by atoms with Crippen molar-refractivity contribution in [2.75, 3.05) is 0 Å². The Hall–Kier alpha value is -1.27. The summed E-state index contributed by atoms with van der Waals surface area (Å²) in [5.41, 5.74) is -0.679. The van der Waals surface area contributed by atoms with Gasteiger partial charge in [-0.2, -0.15) is 0 Å². The fraction of sp³-hybridized carbons (Fsp3) is 0.500. The number of hydrogen-bond donors (Lipinski definition) is 1. The van der Waals surface area contributed by atoms with Crippen LogP contribution in [-0.4, -0.2) is 23.4 Å². The van der Waals surface area contributed by atoms with Crippen LogP contribution in [-0.2, 0) is 10.2 Å². The maximum Gasteiger partial charge on any atom is 0.573 e. The van der Waals surface area contributed by atoms with Gasteiger partial charge in [-0.05, 0) is 43.9 Å². The highest BCUT2D eigenvalue weighted by Crippen LogP contribution is 2.40. The standard InChI is InChI=1S/C14H14ClF3O3/c1-13(6-2-3-10(19)12(13)20)8-4-5-9(15)11(7-8)21-14(16,17)18/h4-5,7,10,19H,2-3,6H2,1H3. The Labute approximate surface area is 124 Å². The first-order valence-electron chi connectivity index (χ1n) is 6.42. The molecule has 2 rings (SSSR count). The molecule has 0 radical (unpaired) electrons. The zero-order chi connectivity index (χ0) is 15.8. The maximum atomic E-state index is 12.3. The summed E-state index contributed by atoms with van der Waals surface area (Å²) in [6, 6.07) is 3.87. The molecule has 1 aliphatic carbocycles. The van der Waals surface area contributed by atoms with Gasteiger partial charge in [0.1, 0.15) is 11.9 Å². The molecule has 21 heavy (non-hydrogen) atoms. The molecule has 2 unspecified atom stereocenters. The van der Waals surface area contributed by atoms with Gasteiger partial charge in [-0.3, -0.25) is 4.79 Å². The Kier molecular flexibility index (Phi) is 4.22.